The van der Waals surface area contributed by atoms with Crippen LogP contribution in [0.15, 0.2) is 83.9 Å². The Labute approximate surface area is 199 Å². The van der Waals surface area contributed by atoms with Crippen molar-refractivity contribution in [2.45, 2.75) is 0 Å². The molecule has 8 heteroatoms. The van der Waals surface area contributed by atoms with Crippen molar-refractivity contribution in [3.63, 3.8) is 0 Å². The first kappa shape index (κ1) is 21.1. The van der Waals surface area contributed by atoms with Gasteiger partial charge in [0.15, 0.2) is 0 Å². The van der Waals surface area contributed by atoms with E-state index in [1.807, 2.05) is 66.9 Å². The van der Waals surface area contributed by atoms with Crippen LogP contribution in [0.3, 0.4) is 0 Å². The number of carboxylic acid groups (broad SMARTS) is 1. The number of thioether (sulfide) groups is 1. The van der Waals surface area contributed by atoms with E-state index in [1.54, 1.807) is 10.8 Å². The molecule has 0 unspecified atom stereocenters. The molecule has 4 aromatic rings. The Bertz CT molecular complexity index is 1440. The summed E-state index contributed by atoms with van der Waals surface area (Å²) in [6, 6.07) is 23.9. The van der Waals surface area contributed by atoms with Crippen molar-refractivity contribution >= 4 is 57.0 Å². The molecule has 33 heavy (non-hydrogen) atoms. The number of amides is 1. The molecule has 0 saturated carbocycles. The van der Waals surface area contributed by atoms with Crippen LogP contribution in [0.4, 0.5) is 0 Å². The second-order valence-electron chi connectivity index (χ2n) is 7.44. The normalized spacial score (nSPS) is 15.0. The summed E-state index contributed by atoms with van der Waals surface area (Å²) in [4.78, 5) is 25.4. The molecule has 3 aromatic carbocycles. The Hall–Kier alpha value is -3.75. The van der Waals surface area contributed by atoms with Crippen molar-refractivity contribution in [2.75, 3.05) is 6.54 Å². The first-order chi connectivity index (χ1) is 16.0. The van der Waals surface area contributed by atoms with Crippen LogP contribution in [0.5, 0.6) is 0 Å². The highest BCUT2D eigenvalue weighted by molar-refractivity contribution is 8.26. The van der Waals surface area contributed by atoms with Crippen LogP contribution in [0.1, 0.15) is 5.56 Å². The molecule has 0 spiro atoms. The Morgan fingerprint density at radius 2 is 1.76 bits per heavy atom. The van der Waals surface area contributed by atoms with Gasteiger partial charge in [0.1, 0.15) is 16.6 Å². The fourth-order valence-corrected chi connectivity index (χ4v) is 4.93. The lowest BCUT2D eigenvalue weighted by atomic mass is 10.0. The SMILES string of the molecule is O=C(O)CN1C(=O)/C(=C/c2cn(-c3ccccc3)nc2-c2ccc3ccccc3c2)SC1=S. The third-order valence-corrected chi connectivity index (χ3v) is 6.62. The molecule has 1 fully saturated rings. The molecule has 1 aromatic heterocycles. The maximum Gasteiger partial charge on any atom is 0.323 e. The van der Waals surface area contributed by atoms with Gasteiger partial charge >= 0.3 is 5.97 Å². The number of hydrogen-bond donors (Lipinski definition) is 1. The average Bonchev–Trinajstić information content (AvgIpc) is 3.36. The molecular formula is C25H17N3O3S2. The molecule has 1 N–H and O–H groups in total. The maximum atomic E-state index is 12.8. The molecule has 1 aliphatic rings. The highest BCUT2D eigenvalue weighted by atomic mass is 32.2. The minimum Gasteiger partial charge on any atom is -0.480 e. The van der Waals surface area contributed by atoms with Gasteiger partial charge in [-0.1, -0.05) is 78.6 Å². The highest BCUT2D eigenvalue weighted by Crippen LogP contribution is 2.35. The quantitative estimate of drug-likeness (QED) is 0.327. The fraction of sp³-hybridized carbons (Fsp3) is 0.0400. The van der Waals surface area contributed by atoms with E-state index in [1.165, 1.54) is 0 Å². The third-order valence-electron chi connectivity index (χ3n) is 5.24. The number of nitrogens with zero attached hydrogens (tertiary/aromatic N) is 3. The van der Waals surface area contributed by atoms with Crippen molar-refractivity contribution in [1.29, 1.82) is 0 Å². The summed E-state index contributed by atoms with van der Waals surface area (Å²) in [5.41, 5.74) is 3.26. The predicted molar refractivity (Wildman–Crippen MR) is 134 cm³/mol. The summed E-state index contributed by atoms with van der Waals surface area (Å²) in [6.45, 7) is -0.456. The standard InChI is InChI=1S/C25H17N3O3S2/c29-22(30)15-27-24(31)21(33-25(27)32)13-19-14-28(20-8-2-1-3-9-20)26-23(19)18-11-10-16-6-4-5-7-17(16)12-18/h1-14H,15H2,(H,29,30)/b21-13-. The number of fused-ring (bicyclic) bond motifs is 1. The fourth-order valence-electron chi connectivity index (χ4n) is 3.68. The van der Waals surface area contributed by atoms with Gasteiger partial charge in [-0.2, -0.15) is 5.10 Å². The molecule has 0 aliphatic carbocycles. The second kappa shape index (κ2) is 8.65. The molecule has 0 radical (unpaired) electrons. The zero-order valence-corrected chi connectivity index (χ0v) is 18.8. The van der Waals surface area contributed by atoms with Gasteiger partial charge in [-0.3, -0.25) is 14.5 Å². The summed E-state index contributed by atoms with van der Waals surface area (Å²) in [5, 5.41) is 16.1. The minimum atomic E-state index is -1.11. The number of hydrogen-bond acceptors (Lipinski definition) is 5. The molecule has 1 saturated heterocycles. The van der Waals surface area contributed by atoms with E-state index >= 15 is 0 Å². The number of benzene rings is 3. The molecule has 6 nitrogen and oxygen atoms in total. The number of aliphatic carboxylic acids is 1. The smallest absolute Gasteiger partial charge is 0.323 e. The number of carbonyl (C=O) groups excluding carboxylic acids is 1. The van der Waals surface area contributed by atoms with Crippen LogP contribution < -0.4 is 0 Å². The highest BCUT2D eigenvalue weighted by Gasteiger charge is 2.33. The van der Waals surface area contributed by atoms with Crippen LogP contribution in [0.25, 0.3) is 33.8 Å². The number of carboxylic acids is 1. The lowest BCUT2D eigenvalue weighted by molar-refractivity contribution is -0.140. The molecule has 0 atom stereocenters. The topological polar surface area (TPSA) is 75.4 Å². The van der Waals surface area contributed by atoms with E-state index < -0.39 is 18.4 Å². The lowest BCUT2D eigenvalue weighted by Gasteiger charge is -2.10. The van der Waals surface area contributed by atoms with Crippen molar-refractivity contribution < 1.29 is 14.7 Å². The Balaban J connectivity index is 1.62. The van der Waals surface area contributed by atoms with E-state index in [0.717, 1.165) is 44.2 Å². The van der Waals surface area contributed by atoms with Crippen LogP contribution >= 0.6 is 24.0 Å². The van der Waals surface area contributed by atoms with Gasteiger partial charge < -0.3 is 5.11 Å². The van der Waals surface area contributed by atoms with Crippen LogP contribution in [-0.2, 0) is 9.59 Å². The molecule has 2 heterocycles. The van der Waals surface area contributed by atoms with Crippen LogP contribution in [0.2, 0.25) is 0 Å². The van der Waals surface area contributed by atoms with E-state index in [2.05, 4.69) is 12.1 Å². The van der Waals surface area contributed by atoms with E-state index in [9.17, 15) is 9.59 Å². The van der Waals surface area contributed by atoms with Crippen molar-refractivity contribution in [1.82, 2.24) is 14.7 Å². The second-order valence-corrected chi connectivity index (χ2v) is 9.11. The zero-order chi connectivity index (χ0) is 22.9. The van der Waals surface area contributed by atoms with Crippen LogP contribution in [0, 0.1) is 0 Å². The van der Waals surface area contributed by atoms with Crippen molar-refractivity contribution in [3.8, 4) is 16.9 Å². The lowest BCUT2D eigenvalue weighted by Crippen LogP contribution is -2.33. The summed E-state index contributed by atoms with van der Waals surface area (Å²) in [7, 11) is 0. The zero-order valence-electron chi connectivity index (χ0n) is 17.2. The minimum absolute atomic E-state index is 0.233. The van der Waals surface area contributed by atoms with Crippen molar-refractivity contribution in [3.05, 3.63) is 89.5 Å². The number of para-hydroxylation sites is 1. The first-order valence-electron chi connectivity index (χ1n) is 10.1. The van der Waals surface area contributed by atoms with Crippen LogP contribution in [-0.4, -0.2) is 42.5 Å². The number of thiocarbonyl (C=S) groups is 1. The largest absolute Gasteiger partial charge is 0.480 e. The van der Waals surface area contributed by atoms with Gasteiger partial charge in [0, 0.05) is 17.3 Å². The summed E-state index contributed by atoms with van der Waals surface area (Å²) in [6.07, 6.45) is 3.60. The van der Waals surface area contributed by atoms with Gasteiger partial charge in [0.05, 0.1) is 10.6 Å². The number of rotatable bonds is 5. The molecule has 0 bridgehead atoms. The number of carbonyl (C=O) groups is 2. The molecule has 1 amide bonds. The van der Waals surface area contributed by atoms with Gasteiger partial charge in [0.25, 0.3) is 5.91 Å². The Morgan fingerprint density at radius 3 is 2.52 bits per heavy atom. The first-order valence-corrected chi connectivity index (χ1v) is 11.3. The summed E-state index contributed by atoms with van der Waals surface area (Å²) >= 11 is 6.33. The Morgan fingerprint density at radius 1 is 1.03 bits per heavy atom. The predicted octanol–water partition coefficient (Wildman–Crippen LogP) is 4.98. The Kier molecular flexibility index (Phi) is 5.53. The molecular weight excluding hydrogens is 454 g/mol. The average molecular weight is 472 g/mol. The third kappa shape index (κ3) is 4.18. The van der Waals surface area contributed by atoms with Crippen molar-refractivity contribution in [2.24, 2.45) is 0 Å². The molecule has 162 valence electrons. The van der Waals surface area contributed by atoms with E-state index in [4.69, 9.17) is 22.4 Å². The monoisotopic (exact) mass is 471 g/mol. The summed E-state index contributed by atoms with van der Waals surface area (Å²) in [5.74, 6) is -1.52. The molecule has 1 aliphatic heterocycles. The van der Waals surface area contributed by atoms with Gasteiger partial charge in [0.2, 0.25) is 0 Å². The van der Waals surface area contributed by atoms with Gasteiger partial charge in [-0.25, -0.2) is 4.68 Å². The van der Waals surface area contributed by atoms with Gasteiger partial charge in [-0.05, 0) is 35.0 Å². The van der Waals surface area contributed by atoms with E-state index in [-0.39, 0.29) is 4.32 Å². The maximum absolute atomic E-state index is 12.8. The number of aromatic nitrogens is 2. The van der Waals surface area contributed by atoms with Gasteiger partial charge in [-0.15, -0.1) is 0 Å². The molecule has 5 rings (SSSR count). The van der Waals surface area contributed by atoms with E-state index in [0.29, 0.717) is 10.6 Å². The summed E-state index contributed by atoms with van der Waals surface area (Å²) < 4.78 is 2.00.